The molecule has 1 aromatic carbocycles. The minimum absolute atomic E-state index is 0. The summed E-state index contributed by atoms with van der Waals surface area (Å²) < 4.78 is 18.7. The maximum absolute atomic E-state index is 13.4. The van der Waals surface area contributed by atoms with Crippen molar-refractivity contribution in [3.05, 3.63) is 29.6 Å². The third-order valence-electron chi connectivity index (χ3n) is 4.13. The molecule has 3 nitrogen and oxygen atoms in total. The highest BCUT2D eigenvalue weighted by Gasteiger charge is 2.38. The number of hydrogen-bond acceptors (Lipinski definition) is 3. The Morgan fingerprint density at radius 3 is 2.48 bits per heavy atom. The minimum Gasteiger partial charge on any atom is -0.496 e. The summed E-state index contributed by atoms with van der Waals surface area (Å²) in [6.07, 6.45) is 2.55. The highest BCUT2D eigenvalue weighted by molar-refractivity contribution is 5.85. The summed E-state index contributed by atoms with van der Waals surface area (Å²) in [5.41, 5.74) is 1.15. The number of ether oxygens (including phenoxy) is 1. The fraction of sp³-hybridized carbons (Fsp3) is 0.600. The first-order valence-electron chi connectivity index (χ1n) is 7.08. The van der Waals surface area contributed by atoms with Crippen molar-refractivity contribution < 1.29 is 9.13 Å². The summed E-state index contributed by atoms with van der Waals surface area (Å²) in [6.45, 7) is 4.18. The molecule has 1 aromatic rings. The van der Waals surface area contributed by atoms with Crippen LogP contribution in [0, 0.1) is 11.7 Å². The molecule has 2 fully saturated rings. The molecule has 1 aliphatic heterocycles. The SMILES string of the molecule is COc1cc(F)ccc1[C@H](C1CC1)N1CCNCC1.Cl.Cl. The number of nitrogens with one attached hydrogen (secondary N) is 1. The molecule has 0 bridgehead atoms. The molecule has 1 atom stereocenters. The van der Waals surface area contributed by atoms with Crippen LogP contribution in [-0.2, 0) is 0 Å². The van der Waals surface area contributed by atoms with Crippen LogP contribution in [0.4, 0.5) is 4.39 Å². The van der Waals surface area contributed by atoms with Crippen LogP contribution in [0.3, 0.4) is 0 Å². The molecular weight excluding hydrogens is 314 g/mol. The van der Waals surface area contributed by atoms with Gasteiger partial charge in [0.2, 0.25) is 0 Å². The second kappa shape index (κ2) is 8.18. The van der Waals surface area contributed by atoms with Gasteiger partial charge in [-0.15, -0.1) is 24.8 Å². The lowest BCUT2D eigenvalue weighted by molar-refractivity contribution is 0.153. The average molecular weight is 337 g/mol. The van der Waals surface area contributed by atoms with E-state index in [1.807, 2.05) is 6.07 Å². The van der Waals surface area contributed by atoms with Gasteiger partial charge in [-0.05, 0) is 24.8 Å². The van der Waals surface area contributed by atoms with E-state index in [1.165, 1.54) is 18.9 Å². The largest absolute Gasteiger partial charge is 0.496 e. The molecule has 1 saturated carbocycles. The van der Waals surface area contributed by atoms with E-state index in [0.717, 1.165) is 31.7 Å². The predicted molar refractivity (Wildman–Crippen MR) is 87.4 cm³/mol. The topological polar surface area (TPSA) is 24.5 Å². The monoisotopic (exact) mass is 336 g/mol. The summed E-state index contributed by atoms with van der Waals surface area (Å²) in [5.74, 6) is 1.17. The van der Waals surface area contributed by atoms with E-state index in [2.05, 4.69) is 10.2 Å². The molecule has 1 N–H and O–H groups in total. The van der Waals surface area contributed by atoms with E-state index >= 15 is 0 Å². The van der Waals surface area contributed by atoms with Crippen molar-refractivity contribution in [1.82, 2.24) is 10.2 Å². The third-order valence-corrected chi connectivity index (χ3v) is 4.13. The molecular formula is C15H23Cl2FN2O. The van der Waals surface area contributed by atoms with Crippen LogP contribution in [0.2, 0.25) is 0 Å². The van der Waals surface area contributed by atoms with Gasteiger partial charge in [-0.3, -0.25) is 4.90 Å². The molecule has 0 amide bonds. The van der Waals surface area contributed by atoms with E-state index < -0.39 is 0 Å². The molecule has 3 rings (SSSR count). The van der Waals surface area contributed by atoms with Crippen LogP contribution in [0.1, 0.15) is 24.4 Å². The molecule has 0 radical (unpaired) electrons. The smallest absolute Gasteiger partial charge is 0.126 e. The Morgan fingerprint density at radius 1 is 1.24 bits per heavy atom. The van der Waals surface area contributed by atoms with Gasteiger partial charge in [-0.25, -0.2) is 4.39 Å². The van der Waals surface area contributed by atoms with Gasteiger partial charge in [0.05, 0.1) is 7.11 Å². The van der Waals surface area contributed by atoms with Gasteiger partial charge in [0, 0.05) is 43.9 Å². The zero-order valence-corrected chi connectivity index (χ0v) is 13.8. The van der Waals surface area contributed by atoms with Crippen molar-refractivity contribution in [2.75, 3.05) is 33.3 Å². The van der Waals surface area contributed by atoms with Crippen molar-refractivity contribution in [3.8, 4) is 5.75 Å². The molecule has 120 valence electrons. The van der Waals surface area contributed by atoms with Gasteiger partial charge in [-0.1, -0.05) is 6.07 Å². The van der Waals surface area contributed by atoms with Crippen LogP contribution in [0.5, 0.6) is 5.75 Å². The number of halogens is 3. The molecule has 21 heavy (non-hydrogen) atoms. The zero-order valence-electron chi connectivity index (χ0n) is 12.2. The Hall–Kier alpha value is -0.550. The fourth-order valence-electron chi connectivity index (χ4n) is 3.05. The summed E-state index contributed by atoms with van der Waals surface area (Å²) in [6, 6.07) is 5.35. The van der Waals surface area contributed by atoms with Crippen molar-refractivity contribution in [2.24, 2.45) is 5.92 Å². The normalized spacial score (nSPS) is 20.1. The Balaban J connectivity index is 0.00000110. The molecule has 6 heteroatoms. The molecule has 1 saturated heterocycles. The van der Waals surface area contributed by atoms with Gasteiger partial charge in [0.15, 0.2) is 0 Å². The summed E-state index contributed by atoms with van der Waals surface area (Å²) >= 11 is 0. The van der Waals surface area contributed by atoms with E-state index in [0.29, 0.717) is 17.7 Å². The highest BCUT2D eigenvalue weighted by Crippen LogP contribution is 2.47. The van der Waals surface area contributed by atoms with Gasteiger partial charge >= 0.3 is 0 Å². The maximum Gasteiger partial charge on any atom is 0.126 e. The van der Waals surface area contributed by atoms with Crippen LogP contribution >= 0.6 is 24.8 Å². The first kappa shape index (κ1) is 18.5. The van der Waals surface area contributed by atoms with Gasteiger partial charge in [-0.2, -0.15) is 0 Å². The van der Waals surface area contributed by atoms with Gasteiger partial charge < -0.3 is 10.1 Å². The first-order valence-corrected chi connectivity index (χ1v) is 7.08. The molecule has 0 aromatic heterocycles. The maximum atomic E-state index is 13.4. The number of benzene rings is 1. The lowest BCUT2D eigenvalue weighted by Gasteiger charge is -2.36. The average Bonchev–Trinajstić information content (AvgIpc) is 3.26. The van der Waals surface area contributed by atoms with Gasteiger partial charge in [0.25, 0.3) is 0 Å². The number of nitrogens with zero attached hydrogens (tertiary/aromatic N) is 1. The highest BCUT2D eigenvalue weighted by atomic mass is 35.5. The molecule has 1 aliphatic carbocycles. The summed E-state index contributed by atoms with van der Waals surface area (Å²) in [4.78, 5) is 2.52. The molecule has 1 heterocycles. The minimum atomic E-state index is -0.226. The number of hydrogen-bond donors (Lipinski definition) is 1. The van der Waals surface area contributed by atoms with Gasteiger partial charge in [0.1, 0.15) is 11.6 Å². The first-order chi connectivity index (χ1) is 9.29. The lowest BCUT2D eigenvalue weighted by Crippen LogP contribution is -2.45. The van der Waals surface area contributed by atoms with Crippen LogP contribution < -0.4 is 10.1 Å². The second-order valence-corrected chi connectivity index (χ2v) is 5.45. The van der Waals surface area contributed by atoms with E-state index in [4.69, 9.17) is 4.74 Å². The fourth-order valence-corrected chi connectivity index (χ4v) is 3.05. The van der Waals surface area contributed by atoms with Crippen molar-refractivity contribution in [3.63, 3.8) is 0 Å². The molecule has 0 unspecified atom stereocenters. The third kappa shape index (κ3) is 4.22. The van der Waals surface area contributed by atoms with E-state index in [1.54, 1.807) is 13.2 Å². The summed E-state index contributed by atoms with van der Waals surface area (Å²) in [7, 11) is 1.62. The van der Waals surface area contributed by atoms with Crippen LogP contribution in [0.25, 0.3) is 0 Å². The number of piperazine rings is 1. The quantitative estimate of drug-likeness (QED) is 0.914. The Bertz CT molecular complexity index is 451. The number of methoxy groups -OCH3 is 1. The second-order valence-electron chi connectivity index (χ2n) is 5.45. The van der Waals surface area contributed by atoms with Crippen LogP contribution in [-0.4, -0.2) is 38.2 Å². The zero-order chi connectivity index (χ0) is 13.2. The Kier molecular flexibility index (Phi) is 7.21. The van der Waals surface area contributed by atoms with Crippen molar-refractivity contribution >= 4 is 24.8 Å². The lowest BCUT2D eigenvalue weighted by atomic mass is 9.98. The summed E-state index contributed by atoms with van der Waals surface area (Å²) in [5, 5.41) is 3.39. The van der Waals surface area contributed by atoms with Crippen molar-refractivity contribution in [2.45, 2.75) is 18.9 Å². The molecule has 0 spiro atoms. The Labute approximate surface area is 138 Å². The van der Waals surface area contributed by atoms with Crippen molar-refractivity contribution in [1.29, 1.82) is 0 Å². The Morgan fingerprint density at radius 2 is 1.90 bits per heavy atom. The van der Waals surface area contributed by atoms with E-state index in [9.17, 15) is 4.39 Å². The van der Waals surface area contributed by atoms with Crippen LogP contribution in [0.15, 0.2) is 18.2 Å². The number of rotatable bonds is 4. The molecule has 2 aliphatic rings. The standard InChI is InChI=1S/C15H21FN2O.2ClH/c1-19-14-10-12(16)4-5-13(14)15(11-2-3-11)18-8-6-17-7-9-18;;/h4-5,10-11,15,17H,2-3,6-9H2,1H3;2*1H/t15-;;/m0../s1. The van der Waals surface area contributed by atoms with E-state index in [-0.39, 0.29) is 30.6 Å². The predicted octanol–water partition coefficient (Wildman–Crippen LogP) is 3.03.